The van der Waals surface area contributed by atoms with Gasteiger partial charge in [-0.25, -0.2) is 4.79 Å². The Morgan fingerprint density at radius 2 is 1.85 bits per heavy atom. The molecule has 0 bridgehead atoms. The summed E-state index contributed by atoms with van der Waals surface area (Å²) < 4.78 is 5.14. The maximum Gasteiger partial charge on any atom is 0.334 e. The van der Waals surface area contributed by atoms with E-state index >= 15 is 0 Å². The summed E-state index contributed by atoms with van der Waals surface area (Å²) in [6.45, 7) is 1.44. The van der Waals surface area contributed by atoms with E-state index in [4.69, 9.17) is 9.84 Å². The molecule has 0 radical (unpaired) electrons. The lowest BCUT2D eigenvalue weighted by Crippen LogP contribution is -2.25. The molecule has 3 nitrogen and oxygen atoms in total. The molecule has 1 fully saturated rings. The summed E-state index contributed by atoms with van der Waals surface area (Å²) in [5, 5.41) is 8.95. The molecule has 1 aliphatic rings. The largest absolute Gasteiger partial charge is 0.460 e. The normalized spacial score (nSPS) is 22.0. The van der Waals surface area contributed by atoms with E-state index in [1.54, 1.807) is 0 Å². The number of carbonyl (C=O) groups is 1. The zero-order valence-corrected chi connectivity index (χ0v) is 8.16. The van der Waals surface area contributed by atoms with Crippen LogP contribution < -0.4 is 0 Å². The number of aliphatic hydroxyl groups excluding tert-OH is 1. The molecule has 1 atom stereocenters. The van der Waals surface area contributed by atoms with E-state index in [0.717, 1.165) is 25.7 Å². The monoisotopic (exact) mass is 186 g/mol. The number of carbonyl (C=O) groups excluding carboxylic acids is 1. The minimum absolute atomic E-state index is 0.0459. The van der Waals surface area contributed by atoms with Crippen molar-refractivity contribution in [1.82, 2.24) is 0 Å². The quantitative estimate of drug-likeness (QED) is 0.526. The molecule has 0 aromatic rings. The van der Waals surface area contributed by atoms with Crippen molar-refractivity contribution in [3.05, 3.63) is 0 Å². The third-order valence-electron chi connectivity index (χ3n) is 2.43. The first-order valence-corrected chi connectivity index (χ1v) is 5.08. The summed E-state index contributed by atoms with van der Waals surface area (Å²) in [7, 11) is 0. The number of esters is 1. The van der Waals surface area contributed by atoms with Crippen LogP contribution in [0, 0.1) is 0 Å². The van der Waals surface area contributed by atoms with Crippen molar-refractivity contribution in [3.63, 3.8) is 0 Å². The molecule has 0 aromatic carbocycles. The van der Waals surface area contributed by atoms with Gasteiger partial charge in [-0.1, -0.05) is 12.8 Å². The van der Waals surface area contributed by atoms with Crippen molar-refractivity contribution in [3.8, 4) is 0 Å². The Morgan fingerprint density at radius 3 is 2.31 bits per heavy atom. The zero-order chi connectivity index (χ0) is 9.68. The van der Waals surface area contributed by atoms with Crippen LogP contribution in [-0.4, -0.2) is 23.3 Å². The number of hydrogen-bond donors (Lipinski definition) is 1. The summed E-state index contributed by atoms with van der Waals surface area (Å²) in [6, 6.07) is 0. The molecule has 0 aromatic heterocycles. The summed E-state index contributed by atoms with van der Waals surface area (Å²) in [6.07, 6.45) is 5.73. The second kappa shape index (κ2) is 5.22. The highest BCUT2D eigenvalue weighted by atomic mass is 16.6. The molecule has 0 aliphatic heterocycles. The van der Waals surface area contributed by atoms with Crippen LogP contribution >= 0.6 is 0 Å². The second-order valence-corrected chi connectivity index (χ2v) is 3.73. The van der Waals surface area contributed by atoms with Gasteiger partial charge in [0, 0.05) is 0 Å². The van der Waals surface area contributed by atoms with E-state index in [-0.39, 0.29) is 6.10 Å². The summed E-state index contributed by atoms with van der Waals surface area (Å²) in [4.78, 5) is 11.1. The molecular weight excluding hydrogens is 168 g/mol. The first kappa shape index (κ1) is 10.5. The van der Waals surface area contributed by atoms with Gasteiger partial charge in [0.05, 0.1) is 0 Å². The van der Waals surface area contributed by atoms with Crippen LogP contribution in [0.3, 0.4) is 0 Å². The molecule has 1 aliphatic carbocycles. The highest BCUT2D eigenvalue weighted by Gasteiger charge is 2.18. The van der Waals surface area contributed by atoms with Crippen LogP contribution in [0.1, 0.15) is 45.4 Å². The molecule has 0 heterocycles. The van der Waals surface area contributed by atoms with Crippen LogP contribution in [0.25, 0.3) is 0 Å². The third kappa shape index (κ3) is 3.77. The molecule has 0 spiro atoms. The number of hydrogen-bond acceptors (Lipinski definition) is 3. The maximum atomic E-state index is 11.1. The van der Waals surface area contributed by atoms with Crippen LogP contribution in [0.2, 0.25) is 0 Å². The third-order valence-corrected chi connectivity index (χ3v) is 2.43. The van der Waals surface area contributed by atoms with Crippen LogP contribution in [0.4, 0.5) is 0 Å². The number of rotatable bonds is 2. The molecule has 76 valence electrons. The van der Waals surface area contributed by atoms with Crippen LogP contribution in [-0.2, 0) is 9.53 Å². The van der Waals surface area contributed by atoms with E-state index in [1.807, 2.05) is 0 Å². The first-order valence-electron chi connectivity index (χ1n) is 5.08. The minimum Gasteiger partial charge on any atom is -0.460 e. The van der Waals surface area contributed by atoms with Crippen molar-refractivity contribution in [2.24, 2.45) is 0 Å². The van der Waals surface area contributed by atoms with Gasteiger partial charge in [0.15, 0.2) is 0 Å². The molecule has 1 rings (SSSR count). The van der Waals surface area contributed by atoms with E-state index in [0.29, 0.717) is 0 Å². The highest BCUT2D eigenvalue weighted by molar-refractivity contribution is 5.73. The summed E-state index contributed by atoms with van der Waals surface area (Å²) in [5.74, 6) is -0.480. The fraction of sp³-hybridized carbons (Fsp3) is 0.900. The van der Waals surface area contributed by atoms with E-state index < -0.39 is 12.1 Å². The Balaban J connectivity index is 2.29. The topological polar surface area (TPSA) is 46.5 Å². The van der Waals surface area contributed by atoms with E-state index in [9.17, 15) is 4.79 Å². The summed E-state index contributed by atoms with van der Waals surface area (Å²) in [5.41, 5.74) is 0. The van der Waals surface area contributed by atoms with E-state index in [2.05, 4.69) is 0 Å². The Bertz CT molecular complexity index is 158. The highest BCUT2D eigenvalue weighted by Crippen LogP contribution is 2.20. The first-order chi connectivity index (χ1) is 6.20. The number of aliphatic hydroxyl groups is 1. The fourth-order valence-electron chi connectivity index (χ4n) is 1.62. The Kier molecular flexibility index (Phi) is 4.22. The summed E-state index contributed by atoms with van der Waals surface area (Å²) >= 11 is 0. The lowest BCUT2D eigenvalue weighted by atomic mass is 10.1. The van der Waals surface area contributed by atoms with Gasteiger partial charge < -0.3 is 9.84 Å². The molecule has 13 heavy (non-hydrogen) atoms. The second-order valence-electron chi connectivity index (χ2n) is 3.73. The lowest BCUT2D eigenvalue weighted by Gasteiger charge is -2.16. The van der Waals surface area contributed by atoms with Gasteiger partial charge in [0.2, 0.25) is 0 Å². The van der Waals surface area contributed by atoms with Crippen molar-refractivity contribution < 1.29 is 14.6 Å². The van der Waals surface area contributed by atoms with Gasteiger partial charge in [-0.3, -0.25) is 0 Å². The van der Waals surface area contributed by atoms with Gasteiger partial charge in [-0.05, 0) is 32.6 Å². The lowest BCUT2D eigenvalue weighted by molar-refractivity contribution is -0.158. The van der Waals surface area contributed by atoms with Crippen molar-refractivity contribution in [1.29, 1.82) is 0 Å². The van der Waals surface area contributed by atoms with Crippen LogP contribution in [0.5, 0.6) is 0 Å². The molecule has 3 heteroatoms. The molecule has 0 amide bonds. The van der Waals surface area contributed by atoms with Crippen molar-refractivity contribution in [2.75, 3.05) is 0 Å². The zero-order valence-electron chi connectivity index (χ0n) is 8.16. The standard InChI is InChI=1S/C10H18O3/c1-8(11)10(12)13-9-6-4-2-3-5-7-9/h8-9,11H,2-7H2,1H3/t8-/m1/s1. The van der Waals surface area contributed by atoms with Gasteiger partial charge in [0.1, 0.15) is 12.2 Å². The fourth-order valence-corrected chi connectivity index (χ4v) is 1.62. The van der Waals surface area contributed by atoms with Crippen molar-refractivity contribution >= 4 is 5.97 Å². The van der Waals surface area contributed by atoms with Gasteiger partial charge in [0.25, 0.3) is 0 Å². The molecule has 1 N–H and O–H groups in total. The number of ether oxygens (including phenoxy) is 1. The van der Waals surface area contributed by atoms with Gasteiger partial charge >= 0.3 is 5.97 Å². The van der Waals surface area contributed by atoms with Gasteiger partial charge in [-0.2, -0.15) is 0 Å². The molecule has 0 unspecified atom stereocenters. The predicted molar refractivity (Wildman–Crippen MR) is 49.3 cm³/mol. The Hall–Kier alpha value is -0.570. The van der Waals surface area contributed by atoms with Gasteiger partial charge in [-0.15, -0.1) is 0 Å². The minimum atomic E-state index is -0.983. The Morgan fingerprint density at radius 1 is 1.31 bits per heavy atom. The predicted octanol–water partition coefficient (Wildman–Crippen LogP) is 1.63. The molecular formula is C10H18O3. The molecule has 0 saturated heterocycles. The van der Waals surface area contributed by atoms with Crippen LogP contribution in [0.15, 0.2) is 0 Å². The maximum absolute atomic E-state index is 11.1. The Labute approximate surface area is 79.1 Å². The van der Waals surface area contributed by atoms with E-state index in [1.165, 1.54) is 19.8 Å². The average molecular weight is 186 g/mol. The smallest absolute Gasteiger partial charge is 0.334 e. The molecule has 1 saturated carbocycles. The SMILES string of the molecule is C[C@@H](O)C(=O)OC1CCCCCC1. The van der Waals surface area contributed by atoms with Crippen molar-refractivity contribution in [2.45, 2.75) is 57.7 Å². The average Bonchev–Trinajstić information content (AvgIpc) is 2.32.